The Kier molecular flexibility index (Phi) is 11.1. The quantitative estimate of drug-likeness (QED) is 0.103. The molecule has 1 unspecified atom stereocenters. The minimum Gasteiger partial charge on any atom is -0.453 e. The molecule has 0 bridgehead atoms. The number of hydrogen-bond donors (Lipinski definition) is 4. The van der Waals surface area contributed by atoms with Crippen LogP contribution in [0, 0.1) is 23.7 Å². The lowest BCUT2D eigenvalue weighted by molar-refractivity contribution is -0.138. The van der Waals surface area contributed by atoms with Crippen molar-refractivity contribution in [2.75, 3.05) is 27.4 Å². The standard InChI is InChI=1S/C48H53ClN8O7/c1-24(2)39(53-47(60)62-3)45(58)57-36-20-33(36)22-38(57)44-52-40(42(49)55-44)26-7-5-25(6-8-26)28-9-10-30-18-31(12-11-29(30)17-28)34-23-50-43(51-34)37-21-32-19-35(32)56(37)46(59)41(54-48(61)63-4)27-13-15-64-16-14-27/h5-12,17-18,23-24,27,32-33,35-39,41H,13-16,19-22H2,1-4H3,(H,50,51)(H,52,55)(H,53,60)(H,54,61)/t32-,33-,35-,36-,37?,38+,39+,41+/m1/s1. The van der Waals surface area contributed by atoms with Gasteiger partial charge in [-0.1, -0.05) is 74.0 Å². The third-order valence-corrected chi connectivity index (χ3v) is 14.4. The van der Waals surface area contributed by atoms with Crippen molar-refractivity contribution in [2.24, 2.45) is 23.7 Å². The molecule has 16 heteroatoms. The number of piperidine rings is 2. The lowest BCUT2D eigenvalue weighted by Gasteiger charge is -2.35. The summed E-state index contributed by atoms with van der Waals surface area (Å²) in [5, 5.41) is 8.16. The van der Waals surface area contributed by atoms with Gasteiger partial charge in [-0.25, -0.2) is 19.6 Å². The SMILES string of the molecule is COC(=O)N[C@H](C(=O)N1[C@@H]2C[C@@H]2C[C@H]1c1nc(-c2ccc(-c3ccc4cc(-c5cnc(C6C[C@H]7C[C@H]7N6C(=O)[C@@H](NC(=O)OC)C6CCOCC6)[nH]5)ccc4c3)cc2)c(Cl)[nH]1)C(C)C. The van der Waals surface area contributed by atoms with Crippen LogP contribution in [0.3, 0.4) is 0 Å². The topological polar surface area (TPSA) is 184 Å². The summed E-state index contributed by atoms with van der Waals surface area (Å²) < 4.78 is 15.3. The first kappa shape index (κ1) is 42.0. The number of aromatic amines is 2. The molecule has 8 atom stereocenters. The fraction of sp³-hybridized carbons (Fsp3) is 0.458. The molecular weight excluding hydrogens is 836 g/mol. The second kappa shape index (κ2) is 16.9. The van der Waals surface area contributed by atoms with E-state index in [-0.39, 0.29) is 47.8 Å². The molecule has 0 spiro atoms. The molecule has 5 aliphatic rings. The van der Waals surface area contributed by atoms with Gasteiger partial charge in [0.1, 0.15) is 34.6 Å². The third-order valence-electron chi connectivity index (χ3n) is 14.1. The summed E-state index contributed by atoms with van der Waals surface area (Å²) in [6, 6.07) is 19.3. The van der Waals surface area contributed by atoms with E-state index in [2.05, 4.69) is 69.1 Å². The van der Waals surface area contributed by atoms with E-state index in [1.807, 2.05) is 42.0 Å². The Hall–Kier alpha value is -5.93. The molecule has 64 heavy (non-hydrogen) atoms. The zero-order chi connectivity index (χ0) is 44.4. The van der Waals surface area contributed by atoms with Gasteiger partial charge in [0.25, 0.3) is 0 Å². The van der Waals surface area contributed by atoms with Gasteiger partial charge >= 0.3 is 12.2 Å². The van der Waals surface area contributed by atoms with E-state index in [1.165, 1.54) is 14.2 Å². The molecular formula is C48H53ClN8O7. The van der Waals surface area contributed by atoms with Crippen molar-refractivity contribution in [1.29, 1.82) is 0 Å². The fourth-order valence-corrected chi connectivity index (χ4v) is 10.7. The molecule has 4 N–H and O–H groups in total. The molecule has 5 fully saturated rings. The molecule has 5 heterocycles. The number of carbonyl (C=O) groups is 4. The van der Waals surface area contributed by atoms with Crippen molar-refractivity contribution in [3.8, 4) is 33.6 Å². The van der Waals surface area contributed by atoms with Crippen LogP contribution in [0.1, 0.15) is 76.1 Å². The number of fused-ring (bicyclic) bond motifs is 3. The molecule has 2 aromatic heterocycles. The van der Waals surface area contributed by atoms with Gasteiger partial charge in [-0.3, -0.25) is 9.59 Å². The van der Waals surface area contributed by atoms with Crippen LogP contribution in [0.2, 0.25) is 5.15 Å². The number of halogens is 1. The molecule has 5 aromatic rings. The van der Waals surface area contributed by atoms with Gasteiger partial charge in [0.05, 0.1) is 38.2 Å². The van der Waals surface area contributed by atoms with Crippen molar-refractivity contribution in [3.05, 3.63) is 83.7 Å². The maximum Gasteiger partial charge on any atom is 0.407 e. The number of methoxy groups -OCH3 is 2. The first-order valence-corrected chi connectivity index (χ1v) is 22.7. The lowest BCUT2D eigenvalue weighted by Crippen LogP contribution is -2.54. The summed E-state index contributed by atoms with van der Waals surface area (Å²) in [6.45, 7) is 4.94. The second-order valence-corrected chi connectivity index (χ2v) is 18.7. The molecule has 3 aromatic carbocycles. The average molecular weight is 889 g/mol. The van der Waals surface area contributed by atoms with Gasteiger partial charge in [-0.15, -0.1) is 0 Å². The summed E-state index contributed by atoms with van der Waals surface area (Å²) >= 11 is 6.79. The number of benzene rings is 3. The Labute approximate surface area is 376 Å². The number of hydrogen-bond acceptors (Lipinski definition) is 9. The first-order chi connectivity index (χ1) is 31.0. The van der Waals surface area contributed by atoms with Crippen LogP contribution in [0.5, 0.6) is 0 Å². The minimum absolute atomic E-state index is 0.0261. The van der Waals surface area contributed by atoms with Gasteiger partial charge in [0, 0.05) is 36.4 Å². The van der Waals surface area contributed by atoms with E-state index in [1.54, 1.807) is 0 Å². The molecule has 3 aliphatic heterocycles. The molecule has 2 saturated carbocycles. The van der Waals surface area contributed by atoms with Crippen molar-refractivity contribution in [3.63, 3.8) is 0 Å². The zero-order valence-electron chi connectivity index (χ0n) is 36.3. The largest absolute Gasteiger partial charge is 0.453 e. The third kappa shape index (κ3) is 7.86. The smallest absolute Gasteiger partial charge is 0.407 e. The fourth-order valence-electron chi connectivity index (χ4n) is 10.5. The van der Waals surface area contributed by atoms with Crippen LogP contribution in [-0.4, -0.2) is 105 Å². The maximum absolute atomic E-state index is 14.3. The van der Waals surface area contributed by atoms with Gasteiger partial charge in [-0.05, 0) is 96.2 Å². The average Bonchev–Trinajstić information content (AvgIpc) is 3.96. The highest BCUT2D eigenvalue weighted by Gasteiger charge is 2.58. The van der Waals surface area contributed by atoms with Crippen LogP contribution < -0.4 is 10.6 Å². The van der Waals surface area contributed by atoms with Crippen LogP contribution in [0.4, 0.5) is 9.59 Å². The van der Waals surface area contributed by atoms with Crippen LogP contribution >= 0.6 is 11.6 Å². The molecule has 4 amide bonds. The molecule has 0 radical (unpaired) electrons. The normalized spacial score (nSPS) is 24.5. The Morgan fingerprint density at radius 2 is 1.31 bits per heavy atom. The van der Waals surface area contributed by atoms with Crippen molar-refractivity contribution in [1.82, 2.24) is 40.4 Å². The van der Waals surface area contributed by atoms with E-state index >= 15 is 0 Å². The molecule has 10 rings (SSSR count). The monoisotopic (exact) mass is 888 g/mol. The lowest BCUT2D eigenvalue weighted by atomic mass is 9.90. The summed E-state index contributed by atoms with van der Waals surface area (Å²) in [4.78, 5) is 73.0. The number of ether oxygens (including phenoxy) is 3. The minimum atomic E-state index is -0.714. The van der Waals surface area contributed by atoms with E-state index in [0.29, 0.717) is 54.6 Å². The highest BCUT2D eigenvalue weighted by Crippen LogP contribution is 2.55. The number of carbonyl (C=O) groups excluding carboxylic acids is 4. The molecule has 334 valence electrons. The van der Waals surface area contributed by atoms with Gasteiger partial charge in [-0.2, -0.15) is 0 Å². The number of imidazole rings is 2. The zero-order valence-corrected chi connectivity index (χ0v) is 37.1. The van der Waals surface area contributed by atoms with E-state index in [0.717, 1.165) is 70.2 Å². The number of H-pyrrole nitrogens is 2. The van der Waals surface area contributed by atoms with Gasteiger partial charge in [0.15, 0.2) is 0 Å². The number of alkyl carbamates (subject to hydrolysis) is 2. The van der Waals surface area contributed by atoms with Crippen LogP contribution in [0.15, 0.2) is 66.9 Å². The summed E-state index contributed by atoms with van der Waals surface area (Å²) in [7, 11) is 2.61. The highest BCUT2D eigenvalue weighted by atomic mass is 35.5. The number of nitrogens with one attached hydrogen (secondary N) is 4. The van der Waals surface area contributed by atoms with Gasteiger partial charge < -0.3 is 44.6 Å². The second-order valence-electron chi connectivity index (χ2n) is 18.4. The molecule has 3 saturated heterocycles. The van der Waals surface area contributed by atoms with Crippen LogP contribution in [-0.2, 0) is 23.8 Å². The Morgan fingerprint density at radius 3 is 1.97 bits per heavy atom. The Morgan fingerprint density at radius 1 is 0.734 bits per heavy atom. The number of nitrogens with zero attached hydrogens (tertiary/aromatic N) is 4. The summed E-state index contributed by atoms with van der Waals surface area (Å²) in [5.41, 5.74) is 5.45. The van der Waals surface area contributed by atoms with Crippen LogP contribution in [0.25, 0.3) is 44.4 Å². The summed E-state index contributed by atoms with van der Waals surface area (Å²) in [5.74, 6) is 1.85. The number of rotatable bonds is 11. The summed E-state index contributed by atoms with van der Waals surface area (Å²) in [6.07, 6.45) is 5.53. The predicted molar refractivity (Wildman–Crippen MR) is 239 cm³/mol. The van der Waals surface area contributed by atoms with E-state index in [4.69, 9.17) is 35.8 Å². The van der Waals surface area contributed by atoms with Crippen molar-refractivity contribution >= 4 is 46.4 Å². The Bertz CT molecular complexity index is 2610. The molecule has 15 nitrogen and oxygen atoms in total. The number of likely N-dealkylation sites (tertiary alicyclic amines) is 2. The first-order valence-electron chi connectivity index (χ1n) is 22.4. The van der Waals surface area contributed by atoms with E-state index < -0.39 is 24.3 Å². The Balaban J connectivity index is 0.831. The van der Waals surface area contributed by atoms with E-state index in [9.17, 15) is 19.2 Å². The van der Waals surface area contributed by atoms with Gasteiger partial charge in [0.2, 0.25) is 11.8 Å². The maximum atomic E-state index is 14.3. The molecule has 2 aliphatic carbocycles. The predicted octanol–water partition coefficient (Wildman–Crippen LogP) is 7.80. The number of amides is 4. The highest BCUT2D eigenvalue weighted by molar-refractivity contribution is 6.32. The van der Waals surface area contributed by atoms with Crippen molar-refractivity contribution in [2.45, 2.75) is 88.6 Å². The van der Waals surface area contributed by atoms with Crippen molar-refractivity contribution < 1.29 is 33.4 Å². The number of aromatic nitrogens is 4.